The lowest BCUT2D eigenvalue weighted by atomic mass is 9.96. The third-order valence-electron chi connectivity index (χ3n) is 3.39. The first kappa shape index (κ1) is 14.9. The Morgan fingerprint density at radius 1 is 1.40 bits per heavy atom. The lowest BCUT2D eigenvalue weighted by Crippen LogP contribution is -2.46. The van der Waals surface area contributed by atoms with Crippen molar-refractivity contribution in [2.45, 2.75) is 31.4 Å². The minimum atomic E-state index is -1.20. The summed E-state index contributed by atoms with van der Waals surface area (Å²) in [6.07, 6.45) is 5.80. The van der Waals surface area contributed by atoms with Gasteiger partial charge in [0, 0.05) is 16.6 Å². The van der Waals surface area contributed by atoms with E-state index >= 15 is 0 Å². The Hall–Kier alpha value is -1.52. The summed E-state index contributed by atoms with van der Waals surface area (Å²) in [5.74, 6) is 0. The molecule has 0 aliphatic heterocycles. The highest BCUT2D eigenvalue weighted by Gasteiger charge is 2.26. The molecule has 1 aliphatic rings. The Labute approximate surface area is 123 Å². The van der Waals surface area contributed by atoms with Crippen molar-refractivity contribution in [1.29, 1.82) is 0 Å². The quantitative estimate of drug-likeness (QED) is 0.748. The maximum absolute atomic E-state index is 11.8. The molecule has 0 saturated heterocycles. The van der Waals surface area contributed by atoms with Gasteiger partial charge in [-0.3, -0.25) is 0 Å². The van der Waals surface area contributed by atoms with Crippen molar-refractivity contribution in [2.24, 2.45) is 0 Å². The van der Waals surface area contributed by atoms with Gasteiger partial charge in [0.1, 0.15) is 5.60 Å². The van der Waals surface area contributed by atoms with Crippen molar-refractivity contribution in [2.75, 3.05) is 6.54 Å². The summed E-state index contributed by atoms with van der Waals surface area (Å²) in [6.45, 7) is 1.73. The molecule has 0 bridgehead atoms. The van der Waals surface area contributed by atoms with Crippen LogP contribution in [0.4, 0.5) is 4.79 Å². The minimum Gasteiger partial charge on any atom is -0.384 e. The highest BCUT2D eigenvalue weighted by molar-refractivity contribution is 6.31. The van der Waals surface area contributed by atoms with Crippen LogP contribution in [0.1, 0.15) is 25.3 Å². The lowest BCUT2D eigenvalue weighted by molar-refractivity contribution is 0.0594. The summed E-state index contributed by atoms with van der Waals surface area (Å²) in [5.41, 5.74) is -0.603. The molecule has 0 fully saturated rings. The SMILES string of the molecule is CC(O)(CNC(=O)NC1CC=CC1)c1ccccc1Cl. The van der Waals surface area contributed by atoms with E-state index in [1.165, 1.54) is 0 Å². The molecule has 0 radical (unpaired) electrons. The van der Waals surface area contributed by atoms with Gasteiger partial charge in [-0.2, -0.15) is 0 Å². The molecular formula is C15H19ClN2O2. The molecule has 3 N–H and O–H groups in total. The Bertz CT molecular complexity index is 506. The number of halogens is 1. The molecule has 0 heterocycles. The number of urea groups is 1. The fourth-order valence-electron chi connectivity index (χ4n) is 2.22. The van der Waals surface area contributed by atoms with E-state index in [9.17, 15) is 9.90 Å². The summed E-state index contributed by atoms with van der Waals surface area (Å²) >= 11 is 6.06. The van der Waals surface area contributed by atoms with Crippen LogP contribution in [-0.4, -0.2) is 23.7 Å². The number of hydrogen-bond donors (Lipinski definition) is 3. The molecule has 1 aliphatic carbocycles. The zero-order valence-electron chi connectivity index (χ0n) is 11.4. The maximum Gasteiger partial charge on any atom is 0.315 e. The summed E-state index contributed by atoms with van der Waals surface area (Å²) in [7, 11) is 0. The van der Waals surface area contributed by atoms with Gasteiger partial charge in [0.15, 0.2) is 0 Å². The van der Waals surface area contributed by atoms with Crippen LogP contribution in [0.15, 0.2) is 36.4 Å². The van der Waals surface area contributed by atoms with Crippen LogP contribution in [0.25, 0.3) is 0 Å². The van der Waals surface area contributed by atoms with E-state index in [4.69, 9.17) is 11.6 Å². The molecule has 2 amide bonds. The monoisotopic (exact) mass is 294 g/mol. The van der Waals surface area contributed by atoms with E-state index in [0.717, 1.165) is 12.8 Å². The number of nitrogens with one attached hydrogen (secondary N) is 2. The summed E-state index contributed by atoms with van der Waals surface area (Å²) in [4.78, 5) is 11.8. The minimum absolute atomic E-state index is 0.0999. The second kappa shape index (κ2) is 6.29. The van der Waals surface area contributed by atoms with Gasteiger partial charge < -0.3 is 15.7 Å². The normalized spacial score (nSPS) is 17.8. The van der Waals surface area contributed by atoms with E-state index in [1.54, 1.807) is 31.2 Å². The zero-order chi connectivity index (χ0) is 14.6. The van der Waals surface area contributed by atoms with Crippen LogP contribution in [-0.2, 0) is 5.60 Å². The molecule has 4 nitrogen and oxygen atoms in total. The molecular weight excluding hydrogens is 276 g/mol. The average molecular weight is 295 g/mol. The molecule has 1 aromatic rings. The molecule has 1 atom stereocenters. The summed E-state index contributed by atoms with van der Waals surface area (Å²) in [6, 6.07) is 6.96. The van der Waals surface area contributed by atoms with Gasteiger partial charge in [-0.05, 0) is 25.8 Å². The van der Waals surface area contributed by atoms with E-state index < -0.39 is 5.60 Å². The van der Waals surface area contributed by atoms with Crippen molar-refractivity contribution in [3.05, 3.63) is 47.0 Å². The Kier molecular flexibility index (Phi) is 4.68. The van der Waals surface area contributed by atoms with E-state index in [1.807, 2.05) is 12.2 Å². The number of hydrogen-bond acceptors (Lipinski definition) is 2. The first-order valence-corrected chi connectivity index (χ1v) is 7.03. The van der Waals surface area contributed by atoms with Gasteiger partial charge in [0.05, 0.1) is 6.54 Å². The molecule has 1 unspecified atom stereocenters. The van der Waals surface area contributed by atoms with Crippen LogP contribution >= 0.6 is 11.6 Å². The van der Waals surface area contributed by atoms with Gasteiger partial charge in [-0.15, -0.1) is 0 Å². The number of carbonyl (C=O) groups excluding carboxylic acids is 1. The van der Waals surface area contributed by atoms with Gasteiger partial charge in [-0.25, -0.2) is 4.79 Å². The van der Waals surface area contributed by atoms with Crippen molar-refractivity contribution < 1.29 is 9.90 Å². The van der Waals surface area contributed by atoms with Crippen molar-refractivity contribution >= 4 is 17.6 Å². The Morgan fingerprint density at radius 2 is 2.05 bits per heavy atom. The van der Waals surface area contributed by atoms with Gasteiger partial charge in [0.2, 0.25) is 0 Å². The van der Waals surface area contributed by atoms with Crippen LogP contribution in [0.3, 0.4) is 0 Å². The second-order valence-corrected chi connectivity index (χ2v) is 5.63. The van der Waals surface area contributed by atoms with E-state index in [0.29, 0.717) is 10.6 Å². The van der Waals surface area contributed by atoms with Gasteiger partial charge in [-0.1, -0.05) is 42.0 Å². The fourth-order valence-corrected chi connectivity index (χ4v) is 2.56. The average Bonchev–Trinajstić information content (AvgIpc) is 2.90. The van der Waals surface area contributed by atoms with Crippen molar-refractivity contribution in [1.82, 2.24) is 10.6 Å². The van der Waals surface area contributed by atoms with Gasteiger partial charge in [0.25, 0.3) is 0 Å². The standard InChI is InChI=1S/C15H19ClN2O2/c1-15(20,12-8-4-5-9-13(12)16)10-17-14(19)18-11-6-2-3-7-11/h2-5,8-9,11,20H,6-7,10H2,1H3,(H2,17,18,19). The van der Waals surface area contributed by atoms with Crippen LogP contribution in [0.5, 0.6) is 0 Å². The summed E-state index contributed by atoms with van der Waals surface area (Å²) < 4.78 is 0. The topological polar surface area (TPSA) is 61.4 Å². The summed E-state index contributed by atoms with van der Waals surface area (Å²) in [5, 5.41) is 16.5. The predicted octanol–water partition coefficient (Wildman–Crippen LogP) is 2.57. The second-order valence-electron chi connectivity index (χ2n) is 5.22. The number of carbonyl (C=O) groups is 1. The molecule has 2 rings (SSSR count). The number of aliphatic hydroxyl groups is 1. The zero-order valence-corrected chi connectivity index (χ0v) is 12.2. The van der Waals surface area contributed by atoms with E-state index in [2.05, 4.69) is 10.6 Å². The third kappa shape index (κ3) is 3.74. The largest absolute Gasteiger partial charge is 0.384 e. The van der Waals surface area contributed by atoms with E-state index in [-0.39, 0.29) is 18.6 Å². The number of benzene rings is 1. The first-order valence-electron chi connectivity index (χ1n) is 6.66. The fraction of sp³-hybridized carbons (Fsp3) is 0.400. The molecule has 1 aromatic carbocycles. The number of amides is 2. The maximum atomic E-state index is 11.8. The Morgan fingerprint density at radius 3 is 2.70 bits per heavy atom. The predicted molar refractivity (Wildman–Crippen MR) is 79.7 cm³/mol. The first-order chi connectivity index (χ1) is 9.49. The molecule has 20 heavy (non-hydrogen) atoms. The van der Waals surface area contributed by atoms with Crippen LogP contribution in [0.2, 0.25) is 5.02 Å². The van der Waals surface area contributed by atoms with Crippen LogP contribution < -0.4 is 10.6 Å². The molecule has 0 saturated carbocycles. The van der Waals surface area contributed by atoms with Crippen molar-refractivity contribution in [3.8, 4) is 0 Å². The lowest BCUT2D eigenvalue weighted by Gasteiger charge is -2.25. The molecule has 108 valence electrons. The molecule has 5 heteroatoms. The molecule has 0 spiro atoms. The highest BCUT2D eigenvalue weighted by atomic mass is 35.5. The molecule has 0 aromatic heterocycles. The van der Waals surface area contributed by atoms with Crippen molar-refractivity contribution in [3.63, 3.8) is 0 Å². The smallest absolute Gasteiger partial charge is 0.315 e. The third-order valence-corrected chi connectivity index (χ3v) is 3.72. The number of rotatable bonds is 4. The Balaban J connectivity index is 1.88. The van der Waals surface area contributed by atoms with Crippen LogP contribution in [0, 0.1) is 0 Å². The van der Waals surface area contributed by atoms with Gasteiger partial charge >= 0.3 is 6.03 Å². The highest BCUT2D eigenvalue weighted by Crippen LogP contribution is 2.27.